The fourth-order valence-electron chi connectivity index (χ4n) is 7.42. The second kappa shape index (κ2) is 11.4. The minimum atomic E-state index is 0.486. The second-order valence-corrected chi connectivity index (χ2v) is 12.3. The fourth-order valence-corrected chi connectivity index (χ4v) is 7.42. The molecule has 230 valence electrons. The van der Waals surface area contributed by atoms with Crippen molar-refractivity contribution < 1.29 is 0 Å². The molecule has 0 fully saturated rings. The topological polar surface area (TPSA) is 61.8 Å². The standard InChI is InChI=1S/C45H25N5/c1-48-39-16-9-15-37-38-24-29(27-46)20-22-44(38)50(45(37)39)40-23-21-31(26-33(40)28-47)30-10-8-11-32(25-30)34-12-2-5-17-41(34)49-42-18-6-3-13-35(42)36-14-4-7-19-43(36)49/h2-26H. The van der Waals surface area contributed by atoms with E-state index in [9.17, 15) is 10.5 Å². The van der Waals surface area contributed by atoms with Gasteiger partial charge in [0.05, 0.1) is 57.2 Å². The first-order valence-electron chi connectivity index (χ1n) is 16.3. The molecule has 2 heterocycles. The third-order valence-electron chi connectivity index (χ3n) is 9.61. The maximum absolute atomic E-state index is 10.5. The molecule has 9 aromatic rings. The summed E-state index contributed by atoms with van der Waals surface area (Å²) < 4.78 is 4.33. The summed E-state index contributed by atoms with van der Waals surface area (Å²) in [5.74, 6) is 0. The average molecular weight is 636 g/mol. The van der Waals surface area contributed by atoms with Crippen LogP contribution in [0.15, 0.2) is 152 Å². The summed E-state index contributed by atoms with van der Waals surface area (Å²) in [6.45, 7) is 7.91. The molecule has 0 atom stereocenters. The summed E-state index contributed by atoms with van der Waals surface area (Å²) >= 11 is 0. The van der Waals surface area contributed by atoms with Gasteiger partial charge in [-0.25, -0.2) is 4.85 Å². The Morgan fingerprint density at radius 2 is 1.14 bits per heavy atom. The highest BCUT2D eigenvalue weighted by atomic mass is 15.0. The molecule has 0 saturated heterocycles. The lowest BCUT2D eigenvalue weighted by atomic mass is 9.96. The third kappa shape index (κ3) is 4.31. The zero-order valence-electron chi connectivity index (χ0n) is 26.7. The van der Waals surface area contributed by atoms with Crippen LogP contribution < -0.4 is 0 Å². The van der Waals surface area contributed by atoms with Gasteiger partial charge in [-0.2, -0.15) is 10.5 Å². The Morgan fingerprint density at radius 1 is 0.480 bits per heavy atom. The zero-order chi connectivity index (χ0) is 33.8. The van der Waals surface area contributed by atoms with Crippen molar-refractivity contribution in [3.8, 4) is 45.8 Å². The van der Waals surface area contributed by atoms with Crippen LogP contribution in [0.25, 0.3) is 82.1 Å². The van der Waals surface area contributed by atoms with Gasteiger partial charge in [0.15, 0.2) is 0 Å². The molecule has 0 spiro atoms. The smallest absolute Gasteiger partial charge is 0.211 e. The van der Waals surface area contributed by atoms with Crippen LogP contribution in [0.2, 0.25) is 0 Å². The number of rotatable bonds is 4. The van der Waals surface area contributed by atoms with Crippen LogP contribution in [0, 0.1) is 29.2 Å². The van der Waals surface area contributed by atoms with Crippen LogP contribution >= 0.6 is 0 Å². The van der Waals surface area contributed by atoms with Crippen LogP contribution in [0.3, 0.4) is 0 Å². The Morgan fingerprint density at radius 3 is 1.90 bits per heavy atom. The van der Waals surface area contributed by atoms with Gasteiger partial charge in [-0.3, -0.25) is 0 Å². The molecule has 0 aliphatic carbocycles. The van der Waals surface area contributed by atoms with E-state index in [4.69, 9.17) is 6.57 Å². The van der Waals surface area contributed by atoms with Crippen LogP contribution in [-0.4, -0.2) is 9.13 Å². The summed E-state index contributed by atoms with van der Waals surface area (Å²) in [5.41, 5.74) is 11.2. The van der Waals surface area contributed by atoms with Crippen molar-refractivity contribution in [2.45, 2.75) is 0 Å². The molecule has 0 bridgehead atoms. The molecule has 5 heteroatoms. The predicted octanol–water partition coefficient (Wildman–Crippen LogP) is 11.5. The number of nitrogens with zero attached hydrogens (tertiary/aromatic N) is 5. The van der Waals surface area contributed by atoms with E-state index in [0.717, 1.165) is 60.8 Å². The van der Waals surface area contributed by atoms with Gasteiger partial charge in [-0.15, -0.1) is 0 Å². The molecule has 0 unspecified atom stereocenters. The first kappa shape index (κ1) is 28.8. The van der Waals surface area contributed by atoms with E-state index in [1.54, 1.807) is 12.1 Å². The first-order chi connectivity index (χ1) is 24.7. The van der Waals surface area contributed by atoms with E-state index in [0.29, 0.717) is 22.5 Å². The number of fused-ring (bicyclic) bond motifs is 6. The van der Waals surface area contributed by atoms with Gasteiger partial charge in [0.2, 0.25) is 5.69 Å². The lowest BCUT2D eigenvalue weighted by molar-refractivity contribution is 1.17. The Balaban J connectivity index is 1.20. The number of aromatic nitrogens is 2. The van der Waals surface area contributed by atoms with Gasteiger partial charge in [0.25, 0.3) is 0 Å². The minimum Gasteiger partial charge on any atom is -0.318 e. The second-order valence-electron chi connectivity index (χ2n) is 12.3. The highest BCUT2D eigenvalue weighted by molar-refractivity contribution is 6.14. The van der Waals surface area contributed by atoms with Gasteiger partial charge in [-0.1, -0.05) is 97.1 Å². The third-order valence-corrected chi connectivity index (χ3v) is 9.61. The SMILES string of the molecule is [C-]#[N+]c1cccc2c3cc(C#N)ccc3n(-c3ccc(-c4cccc(-c5ccccc5-n5c6ccccc6c6ccccc65)c4)cc3C#N)c12. The van der Waals surface area contributed by atoms with E-state index >= 15 is 0 Å². The number of benzene rings is 7. The van der Waals surface area contributed by atoms with Crippen LogP contribution in [0.4, 0.5) is 5.69 Å². The normalized spacial score (nSPS) is 11.1. The maximum atomic E-state index is 10.5. The van der Waals surface area contributed by atoms with Gasteiger partial charge >= 0.3 is 0 Å². The highest BCUT2D eigenvalue weighted by Crippen LogP contribution is 2.40. The van der Waals surface area contributed by atoms with E-state index in [1.807, 2.05) is 47.0 Å². The Kier molecular flexibility index (Phi) is 6.56. The number of para-hydroxylation sites is 4. The first-order valence-corrected chi connectivity index (χ1v) is 16.3. The molecule has 2 aromatic heterocycles. The Hall–Kier alpha value is -7.39. The maximum Gasteiger partial charge on any atom is 0.211 e. The van der Waals surface area contributed by atoms with Gasteiger partial charge in [0, 0.05) is 21.7 Å². The highest BCUT2D eigenvalue weighted by Gasteiger charge is 2.19. The molecule has 0 aliphatic rings. The molecule has 50 heavy (non-hydrogen) atoms. The molecule has 7 aromatic carbocycles. The Labute approximate surface area is 288 Å². The van der Waals surface area contributed by atoms with Crippen molar-refractivity contribution in [2.75, 3.05) is 0 Å². The number of hydrogen-bond acceptors (Lipinski definition) is 2. The fraction of sp³-hybridized carbons (Fsp3) is 0. The van der Waals surface area contributed by atoms with E-state index in [2.05, 4.69) is 119 Å². The van der Waals surface area contributed by atoms with Crippen LogP contribution in [0.1, 0.15) is 11.1 Å². The predicted molar refractivity (Wildman–Crippen MR) is 202 cm³/mol. The molecule has 0 saturated carbocycles. The van der Waals surface area contributed by atoms with Crippen molar-refractivity contribution >= 4 is 49.3 Å². The molecule has 0 aliphatic heterocycles. The van der Waals surface area contributed by atoms with E-state index < -0.39 is 0 Å². The number of hydrogen-bond donors (Lipinski definition) is 0. The summed E-state index contributed by atoms with van der Waals surface area (Å²) in [5, 5.41) is 24.3. The quantitative estimate of drug-likeness (QED) is 0.181. The molecule has 0 amide bonds. The van der Waals surface area contributed by atoms with Crippen molar-refractivity contribution in [1.82, 2.24) is 9.13 Å². The molecule has 5 nitrogen and oxygen atoms in total. The Bertz CT molecular complexity index is 2920. The van der Waals surface area contributed by atoms with Crippen LogP contribution in [0.5, 0.6) is 0 Å². The van der Waals surface area contributed by atoms with Gasteiger partial charge in [0.1, 0.15) is 6.07 Å². The summed E-state index contributed by atoms with van der Waals surface area (Å²) in [7, 11) is 0. The van der Waals surface area contributed by atoms with Gasteiger partial charge < -0.3 is 9.13 Å². The van der Waals surface area contributed by atoms with Crippen molar-refractivity contribution in [3.05, 3.63) is 174 Å². The van der Waals surface area contributed by atoms with Gasteiger partial charge in [-0.05, 0) is 76.7 Å². The molecular weight excluding hydrogens is 611 g/mol. The molecular formula is C45H25N5. The van der Waals surface area contributed by atoms with E-state index in [-0.39, 0.29) is 0 Å². The lowest BCUT2D eigenvalue weighted by Crippen LogP contribution is -1.98. The molecule has 0 radical (unpaired) electrons. The average Bonchev–Trinajstić information content (AvgIpc) is 3.70. The van der Waals surface area contributed by atoms with E-state index in [1.165, 1.54) is 10.8 Å². The largest absolute Gasteiger partial charge is 0.318 e. The summed E-state index contributed by atoms with van der Waals surface area (Å²) in [6, 6.07) is 55.7. The minimum absolute atomic E-state index is 0.486. The number of nitriles is 2. The zero-order valence-corrected chi connectivity index (χ0v) is 26.7. The molecule has 0 N–H and O–H groups in total. The summed E-state index contributed by atoms with van der Waals surface area (Å²) in [4.78, 5) is 3.82. The van der Waals surface area contributed by atoms with Crippen molar-refractivity contribution in [2.24, 2.45) is 0 Å². The van der Waals surface area contributed by atoms with Crippen molar-refractivity contribution in [3.63, 3.8) is 0 Å². The van der Waals surface area contributed by atoms with Crippen molar-refractivity contribution in [1.29, 1.82) is 10.5 Å². The lowest BCUT2D eigenvalue weighted by Gasteiger charge is -2.15. The van der Waals surface area contributed by atoms with Crippen LogP contribution in [-0.2, 0) is 0 Å². The monoisotopic (exact) mass is 635 g/mol. The molecule has 9 rings (SSSR count). The summed E-state index contributed by atoms with van der Waals surface area (Å²) in [6.07, 6.45) is 0.